The summed E-state index contributed by atoms with van der Waals surface area (Å²) < 4.78 is 10.5. The number of halogens is 1. The number of anilines is 1. The maximum absolute atomic E-state index is 5.49. The standard InChI is InChI=1S/C11H18ClN3O2/c1-2-17-11-8-10(14-9-15-11)13-5-3-6-16-7-4-12/h8-9H,2-7H2,1H3,(H,13,14,15). The van der Waals surface area contributed by atoms with Crippen molar-refractivity contribution in [2.75, 3.05) is 37.6 Å². The molecule has 0 aliphatic carbocycles. The molecule has 0 aromatic carbocycles. The smallest absolute Gasteiger partial charge is 0.218 e. The minimum absolute atomic E-state index is 0.539. The minimum Gasteiger partial charge on any atom is -0.478 e. The van der Waals surface area contributed by atoms with Crippen molar-refractivity contribution in [3.63, 3.8) is 0 Å². The summed E-state index contributed by atoms with van der Waals surface area (Å²) in [7, 11) is 0. The molecule has 5 nitrogen and oxygen atoms in total. The van der Waals surface area contributed by atoms with Crippen LogP contribution in [0, 0.1) is 0 Å². The van der Waals surface area contributed by atoms with Crippen molar-refractivity contribution in [3.8, 4) is 5.88 Å². The van der Waals surface area contributed by atoms with E-state index in [1.54, 1.807) is 6.07 Å². The van der Waals surface area contributed by atoms with Crippen LogP contribution < -0.4 is 10.1 Å². The summed E-state index contributed by atoms with van der Waals surface area (Å²) in [6.07, 6.45) is 2.39. The lowest BCUT2D eigenvalue weighted by atomic mass is 10.4. The van der Waals surface area contributed by atoms with Crippen LogP contribution in [0.3, 0.4) is 0 Å². The van der Waals surface area contributed by atoms with Crippen molar-refractivity contribution < 1.29 is 9.47 Å². The Labute approximate surface area is 107 Å². The summed E-state index contributed by atoms with van der Waals surface area (Å²) in [4.78, 5) is 8.08. The summed E-state index contributed by atoms with van der Waals surface area (Å²) >= 11 is 5.49. The van der Waals surface area contributed by atoms with Crippen LogP contribution in [0.2, 0.25) is 0 Å². The summed E-state index contributed by atoms with van der Waals surface area (Å²) in [5.74, 6) is 1.89. The van der Waals surface area contributed by atoms with Crippen LogP contribution in [-0.4, -0.2) is 42.2 Å². The third-order valence-corrected chi connectivity index (χ3v) is 2.08. The highest BCUT2D eigenvalue weighted by Gasteiger charge is 1.98. The van der Waals surface area contributed by atoms with E-state index in [9.17, 15) is 0 Å². The quantitative estimate of drug-likeness (QED) is 0.543. The van der Waals surface area contributed by atoms with Gasteiger partial charge in [0.05, 0.1) is 13.2 Å². The first-order valence-corrected chi connectivity index (χ1v) is 6.22. The fourth-order valence-corrected chi connectivity index (χ4v) is 1.32. The highest BCUT2D eigenvalue weighted by molar-refractivity contribution is 6.17. The van der Waals surface area contributed by atoms with E-state index in [1.807, 2.05) is 6.92 Å². The van der Waals surface area contributed by atoms with Crippen molar-refractivity contribution in [1.29, 1.82) is 0 Å². The van der Waals surface area contributed by atoms with Crippen LogP contribution in [0.5, 0.6) is 5.88 Å². The van der Waals surface area contributed by atoms with Gasteiger partial charge in [-0.05, 0) is 13.3 Å². The third kappa shape index (κ3) is 6.28. The summed E-state index contributed by atoms with van der Waals surface area (Å²) in [6, 6.07) is 1.78. The molecule has 1 aromatic rings. The van der Waals surface area contributed by atoms with Crippen molar-refractivity contribution in [1.82, 2.24) is 9.97 Å². The van der Waals surface area contributed by atoms with Crippen molar-refractivity contribution in [2.24, 2.45) is 0 Å². The molecule has 1 aromatic heterocycles. The minimum atomic E-state index is 0.539. The van der Waals surface area contributed by atoms with E-state index in [4.69, 9.17) is 21.1 Å². The molecule has 0 amide bonds. The molecule has 0 saturated heterocycles. The highest BCUT2D eigenvalue weighted by atomic mass is 35.5. The molecular weight excluding hydrogens is 242 g/mol. The zero-order valence-corrected chi connectivity index (χ0v) is 10.7. The SMILES string of the molecule is CCOc1cc(NCCCOCCCl)ncn1. The molecule has 96 valence electrons. The van der Waals surface area contributed by atoms with Gasteiger partial charge in [0.2, 0.25) is 5.88 Å². The molecule has 1 rings (SSSR count). The third-order valence-electron chi connectivity index (χ3n) is 1.93. The number of ether oxygens (including phenoxy) is 2. The monoisotopic (exact) mass is 259 g/mol. The first-order valence-electron chi connectivity index (χ1n) is 5.69. The van der Waals surface area contributed by atoms with Gasteiger partial charge in [0.1, 0.15) is 12.1 Å². The van der Waals surface area contributed by atoms with Gasteiger partial charge in [0.25, 0.3) is 0 Å². The lowest BCUT2D eigenvalue weighted by Crippen LogP contribution is -2.08. The van der Waals surface area contributed by atoms with E-state index in [1.165, 1.54) is 6.33 Å². The Bertz CT molecular complexity index is 313. The topological polar surface area (TPSA) is 56.3 Å². The number of hydrogen-bond acceptors (Lipinski definition) is 5. The molecule has 0 atom stereocenters. The van der Waals surface area contributed by atoms with Crippen LogP contribution in [0.1, 0.15) is 13.3 Å². The maximum Gasteiger partial charge on any atom is 0.218 e. The van der Waals surface area contributed by atoms with Crippen molar-refractivity contribution in [2.45, 2.75) is 13.3 Å². The fraction of sp³-hybridized carbons (Fsp3) is 0.636. The number of rotatable bonds is 9. The van der Waals surface area contributed by atoms with Crippen LogP contribution in [0.25, 0.3) is 0 Å². The maximum atomic E-state index is 5.49. The first-order chi connectivity index (χ1) is 8.36. The molecular formula is C11H18ClN3O2. The Hall–Kier alpha value is -1.07. The molecule has 6 heteroatoms. The second kappa shape index (κ2) is 9.01. The Morgan fingerprint density at radius 2 is 2.24 bits per heavy atom. The summed E-state index contributed by atoms with van der Waals surface area (Å²) in [5, 5.41) is 3.18. The zero-order chi connectivity index (χ0) is 12.3. The van der Waals surface area contributed by atoms with Gasteiger partial charge in [0, 0.05) is 25.1 Å². The van der Waals surface area contributed by atoms with Gasteiger partial charge in [-0.2, -0.15) is 0 Å². The number of nitrogens with one attached hydrogen (secondary N) is 1. The molecule has 0 fully saturated rings. The number of aromatic nitrogens is 2. The number of nitrogens with zero attached hydrogens (tertiary/aromatic N) is 2. The zero-order valence-electron chi connectivity index (χ0n) is 9.99. The van der Waals surface area contributed by atoms with Crippen LogP contribution >= 0.6 is 11.6 Å². The number of hydrogen-bond donors (Lipinski definition) is 1. The highest BCUT2D eigenvalue weighted by Crippen LogP contribution is 2.10. The molecule has 0 aliphatic heterocycles. The molecule has 0 saturated carbocycles. The van der Waals surface area contributed by atoms with E-state index in [-0.39, 0.29) is 0 Å². The van der Waals surface area contributed by atoms with E-state index in [2.05, 4.69) is 15.3 Å². The predicted molar refractivity (Wildman–Crippen MR) is 67.8 cm³/mol. The molecule has 0 unspecified atom stereocenters. The van der Waals surface area contributed by atoms with E-state index in [0.29, 0.717) is 31.6 Å². The molecule has 0 bridgehead atoms. The normalized spacial score (nSPS) is 10.2. The van der Waals surface area contributed by atoms with Gasteiger partial charge in [-0.1, -0.05) is 0 Å². The van der Waals surface area contributed by atoms with Crippen LogP contribution in [0.15, 0.2) is 12.4 Å². The molecule has 0 radical (unpaired) electrons. The Balaban J connectivity index is 2.19. The molecule has 1 N–H and O–H groups in total. The van der Waals surface area contributed by atoms with Gasteiger partial charge in [-0.15, -0.1) is 11.6 Å². The van der Waals surface area contributed by atoms with Gasteiger partial charge >= 0.3 is 0 Å². The first kappa shape index (κ1) is 14.0. The van der Waals surface area contributed by atoms with Gasteiger partial charge in [-0.3, -0.25) is 0 Å². The van der Waals surface area contributed by atoms with Crippen molar-refractivity contribution >= 4 is 17.4 Å². The van der Waals surface area contributed by atoms with Crippen LogP contribution in [-0.2, 0) is 4.74 Å². The second-order valence-corrected chi connectivity index (χ2v) is 3.63. The van der Waals surface area contributed by atoms with Gasteiger partial charge in [0.15, 0.2) is 0 Å². The molecule has 0 spiro atoms. The average Bonchev–Trinajstić information content (AvgIpc) is 2.35. The summed E-state index contributed by atoms with van der Waals surface area (Å²) in [5.41, 5.74) is 0. The van der Waals surface area contributed by atoms with Crippen molar-refractivity contribution in [3.05, 3.63) is 12.4 Å². The molecule has 1 heterocycles. The average molecular weight is 260 g/mol. The van der Waals surface area contributed by atoms with E-state index < -0.39 is 0 Å². The van der Waals surface area contributed by atoms with E-state index >= 15 is 0 Å². The van der Waals surface area contributed by atoms with Crippen LogP contribution in [0.4, 0.5) is 5.82 Å². The molecule has 0 aliphatic rings. The Kier molecular flexibility index (Phi) is 7.42. The molecule has 17 heavy (non-hydrogen) atoms. The lowest BCUT2D eigenvalue weighted by Gasteiger charge is -2.07. The predicted octanol–water partition coefficient (Wildman–Crippen LogP) is 1.93. The Morgan fingerprint density at radius 1 is 1.35 bits per heavy atom. The lowest BCUT2D eigenvalue weighted by molar-refractivity contribution is 0.149. The summed E-state index contributed by atoms with van der Waals surface area (Å²) in [6.45, 7) is 4.61. The van der Waals surface area contributed by atoms with E-state index in [0.717, 1.165) is 18.8 Å². The number of alkyl halides is 1. The van der Waals surface area contributed by atoms with Gasteiger partial charge < -0.3 is 14.8 Å². The largest absolute Gasteiger partial charge is 0.478 e. The fourth-order valence-electron chi connectivity index (χ4n) is 1.21. The second-order valence-electron chi connectivity index (χ2n) is 3.26. The Morgan fingerprint density at radius 3 is 3.00 bits per heavy atom. The van der Waals surface area contributed by atoms with Gasteiger partial charge in [-0.25, -0.2) is 9.97 Å².